The van der Waals surface area contributed by atoms with Gasteiger partial charge in [-0.3, -0.25) is 9.59 Å². The zero-order chi connectivity index (χ0) is 26.7. The number of benzene rings is 3. The van der Waals surface area contributed by atoms with Gasteiger partial charge in [0.1, 0.15) is 0 Å². The average molecular weight is 509 g/mol. The summed E-state index contributed by atoms with van der Waals surface area (Å²) in [4.78, 5) is 30.1. The molecule has 1 saturated heterocycles. The molecule has 3 aromatic carbocycles. The Morgan fingerprint density at radius 3 is 1.70 bits per heavy atom. The van der Waals surface area contributed by atoms with Crippen LogP contribution in [0.1, 0.15) is 27.0 Å². The van der Waals surface area contributed by atoms with E-state index in [4.69, 9.17) is 0 Å². The fraction of sp³-hybridized carbons (Fsp3) is 0.172. The minimum atomic E-state index is -1.07. The molecule has 1 fully saturated rings. The SMILES string of the molecule is CN(C)Cc1ccc(C(=O)N2C/C(=C\c3ccc(F)c(F)c3)C(=O)/C(=C/c3ccc(F)c(F)c3)C2)cc1. The number of Topliss-reactive ketones (excluding diaryl/α,β-unsaturated/α-hetero) is 1. The summed E-state index contributed by atoms with van der Waals surface area (Å²) < 4.78 is 54.3. The van der Waals surface area contributed by atoms with Crippen LogP contribution in [0, 0.1) is 23.3 Å². The van der Waals surface area contributed by atoms with Gasteiger partial charge in [-0.15, -0.1) is 0 Å². The van der Waals surface area contributed by atoms with Crippen LogP contribution in [0.4, 0.5) is 17.6 Å². The zero-order valence-corrected chi connectivity index (χ0v) is 20.3. The molecule has 1 aliphatic rings. The third kappa shape index (κ3) is 6.21. The maximum absolute atomic E-state index is 13.8. The number of hydrogen-bond acceptors (Lipinski definition) is 3. The van der Waals surface area contributed by atoms with E-state index in [9.17, 15) is 27.2 Å². The van der Waals surface area contributed by atoms with Crippen molar-refractivity contribution >= 4 is 23.8 Å². The van der Waals surface area contributed by atoms with Gasteiger partial charge in [0.05, 0.1) is 13.1 Å². The van der Waals surface area contributed by atoms with Crippen molar-refractivity contribution in [1.82, 2.24) is 9.80 Å². The Hall–Kier alpha value is -4.04. The number of likely N-dealkylation sites (tertiary alicyclic amines) is 1. The molecule has 0 aliphatic carbocycles. The van der Waals surface area contributed by atoms with Crippen molar-refractivity contribution < 1.29 is 27.2 Å². The van der Waals surface area contributed by atoms with E-state index < -0.39 is 29.1 Å². The van der Waals surface area contributed by atoms with E-state index >= 15 is 0 Å². The predicted molar refractivity (Wildman–Crippen MR) is 133 cm³/mol. The first-order valence-corrected chi connectivity index (χ1v) is 11.5. The molecule has 3 aromatic rings. The van der Waals surface area contributed by atoms with E-state index in [0.29, 0.717) is 12.1 Å². The van der Waals surface area contributed by atoms with Crippen LogP contribution in [0.25, 0.3) is 12.2 Å². The van der Waals surface area contributed by atoms with Crippen LogP contribution >= 0.6 is 0 Å². The van der Waals surface area contributed by atoms with Gasteiger partial charge in [-0.05, 0) is 79.3 Å². The molecule has 0 radical (unpaired) electrons. The molecule has 4 nitrogen and oxygen atoms in total. The van der Waals surface area contributed by atoms with Gasteiger partial charge in [0.15, 0.2) is 29.1 Å². The molecule has 190 valence electrons. The minimum absolute atomic E-state index is 0.0643. The molecule has 37 heavy (non-hydrogen) atoms. The quantitative estimate of drug-likeness (QED) is 0.338. The second-order valence-electron chi connectivity index (χ2n) is 9.11. The van der Waals surface area contributed by atoms with E-state index in [2.05, 4.69) is 0 Å². The largest absolute Gasteiger partial charge is 0.330 e. The van der Waals surface area contributed by atoms with Gasteiger partial charge >= 0.3 is 0 Å². The number of hydrogen-bond donors (Lipinski definition) is 0. The smallest absolute Gasteiger partial charge is 0.254 e. The van der Waals surface area contributed by atoms with E-state index in [0.717, 1.165) is 29.8 Å². The standard InChI is InChI=1S/C29H24F4N2O2/c1-34(2)15-18-3-7-21(8-4-18)29(37)35-16-22(11-19-5-9-24(30)26(32)13-19)28(36)23(17-35)12-20-6-10-25(31)27(33)14-20/h3-14H,15-17H2,1-2H3/b22-11+,23-12+. The van der Waals surface area contributed by atoms with Crippen molar-refractivity contribution in [1.29, 1.82) is 0 Å². The summed E-state index contributed by atoms with van der Waals surface area (Å²) in [5, 5.41) is 0. The summed E-state index contributed by atoms with van der Waals surface area (Å²) in [6.07, 6.45) is 2.78. The minimum Gasteiger partial charge on any atom is -0.330 e. The van der Waals surface area contributed by atoms with Crippen LogP contribution in [0.5, 0.6) is 0 Å². The van der Waals surface area contributed by atoms with Gasteiger partial charge < -0.3 is 9.80 Å². The lowest BCUT2D eigenvalue weighted by Crippen LogP contribution is -2.41. The Morgan fingerprint density at radius 2 is 1.27 bits per heavy atom. The number of rotatable bonds is 5. The first kappa shape index (κ1) is 26.0. The first-order chi connectivity index (χ1) is 17.6. The van der Waals surface area contributed by atoms with Crippen molar-refractivity contribution in [3.8, 4) is 0 Å². The maximum Gasteiger partial charge on any atom is 0.254 e. The molecule has 4 rings (SSSR count). The predicted octanol–water partition coefficient (Wildman–Crippen LogP) is 5.50. The number of carbonyl (C=O) groups is 2. The first-order valence-electron chi connectivity index (χ1n) is 11.5. The van der Waals surface area contributed by atoms with Gasteiger partial charge in [0, 0.05) is 23.3 Å². The fourth-order valence-electron chi connectivity index (χ4n) is 4.09. The van der Waals surface area contributed by atoms with Gasteiger partial charge in [0.25, 0.3) is 5.91 Å². The average Bonchev–Trinajstić information content (AvgIpc) is 2.85. The molecule has 1 heterocycles. The Morgan fingerprint density at radius 1 is 0.784 bits per heavy atom. The Balaban J connectivity index is 1.70. The van der Waals surface area contributed by atoms with Crippen LogP contribution in [0.3, 0.4) is 0 Å². The lowest BCUT2D eigenvalue weighted by molar-refractivity contribution is -0.113. The number of piperidine rings is 1. The Bertz CT molecular complexity index is 1340. The molecule has 0 bridgehead atoms. The summed E-state index contributed by atoms with van der Waals surface area (Å²) >= 11 is 0. The second kappa shape index (κ2) is 10.9. The zero-order valence-electron chi connectivity index (χ0n) is 20.3. The maximum atomic E-state index is 13.8. The Kier molecular flexibility index (Phi) is 7.69. The summed E-state index contributed by atoms with van der Waals surface area (Å²) in [6.45, 7) is 0.575. The van der Waals surface area contributed by atoms with Crippen molar-refractivity contribution in [2.24, 2.45) is 0 Å². The van der Waals surface area contributed by atoms with Crippen molar-refractivity contribution in [2.45, 2.75) is 6.54 Å². The lowest BCUT2D eigenvalue weighted by Gasteiger charge is -2.30. The van der Waals surface area contributed by atoms with Gasteiger partial charge in [-0.1, -0.05) is 24.3 Å². The van der Waals surface area contributed by atoms with Gasteiger partial charge in [0.2, 0.25) is 0 Å². The van der Waals surface area contributed by atoms with Gasteiger partial charge in [-0.2, -0.15) is 0 Å². The van der Waals surface area contributed by atoms with Crippen LogP contribution in [-0.2, 0) is 11.3 Å². The molecule has 0 unspecified atom stereocenters. The lowest BCUT2D eigenvalue weighted by atomic mass is 9.93. The van der Waals surface area contributed by atoms with E-state index in [1.165, 1.54) is 29.2 Å². The molecular weight excluding hydrogens is 484 g/mol. The topological polar surface area (TPSA) is 40.6 Å². The van der Waals surface area contributed by atoms with Crippen molar-refractivity contribution in [2.75, 3.05) is 27.2 Å². The number of halogens is 4. The second-order valence-corrected chi connectivity index (χ2v) is 9.11. The molecule has 0 saturated carbocycles. The molecule has 0 N–H and O–H groups in total. The normalized spacial score (nSPS) is 16.2. The number of ketones is 1. The molecule has 1 amide bonds. The van der Waals surface area contributed by atoms with E-state index in [1.807, 2.05) is 31.1 Å². The summed E-state index contributed by atoms with van der Waals surface area (Å²) in [6, 6.07) is 13.6. The molecule has 0 spiro atoms. The van der Waals surface area contributed by atoms with Crippen LogP contribution < -0.4 is 0 Å². The molecular formula is C29H24F4N2O2. The highest BCUT2D eigenvalue weighted by atomic mass is 19.2. The highest BCUT2D eigenvalue weighted by Crippen LogP contribution is 2.25. The number of nitrogens with zero attached hydrogens (tertiary/aromatic N) is 2. The van der Waals surface area contributed by atoms with Crippen LogP contribution in [-0.4, -0.2) is 48.7 Å². The molecule has 8 heteroatoms. The van der Waals surface area contributed by atoms with Crippen LogP contribution in [0.2, 0.25) is 0 Å². The summed E-state index contributed by atoms with van der Waals surface area (Å²) in [5.41, 5.74) is 2.27. The number of amides is 1. The third-order valence-electron chi connectivity index (χ3n) is 5.86. The van der Waals surface area contributed by atoms with Crippen molar-refractivity contribution in [3.05, 3.63) is 117 Å². The monoisotopic (exact) mass is 508 g/mol. The highest BCUT2D eigenvalue weighted by Gasteiger charge is 2.30. The molecule has 0 aromatic heterocycles. The van der Waals surface area contributed by atoms with Crippen LogP contribution in [0.15, 0.2) is 71.8 Å². The number of carbonyl (C=O) groups excluding carboxylic acids is 2. The summed E-state index contributed by atoms with van der Waals surface area (Å²) in [7, 11) is 3.87. The van der Waals surface area contributed by atoms with Gasteiger partial charge in [-0.25, -0.2) is 17.6 Å². The van der Waals surface area contributed by atoms with E-state index in [-0.39, 0.29) is 41.3 Å². The molecule has 1 aliphatic heterocycles. The third-order valence-corrected chi connectivity index (χ3v) is 5.86. The van der Waals surface area contributed by atoms with Crippen molar-refractivity contribution in [3.63, 3.8) is 0 Å². The molecule has 0 atom stereocenters. The highest BCUT2D eigenvalue weighted by molar-refractivity contribution is 6.15. The van der Waals surface area contributed by atoms with E-state index in [1.54, 1.807) is 12.1 Å². The Labute approximate surface area is 212 Å². The summed E-state index contributed by atoms with van der Waals surface area (Å²) in [5.74, 6) is -4.95. The fourth-order valence-corrected chi connectivity index (χ4v) is 4.09.